The molecule has 0 heterocycles. The third-order valence-electron chi connectivity index (χ3n) is 1.64. The molecule has 0 aromatic carbocycles. The van der Waals surface area contributed by atoms with E-state index >= 15 is 0 Å². The molecule has 0 aliphatic carbocycles. The van der Waals surface area contributed by atoms with E-state index in [0.717, 1.165) is 0 Å². The number of aliphatic hydroxyl groups excluding tert-OH is 4. The van der Waals surface area contributed by atoms with Gasteiger partial charge in [-0.1, -0.05) is 0 Å². The summed E-state index contributed by atoms with van der Waals surface area (Å²) in [6, 6.07) is 0. The topological polar surface area (TPSA) is 145 Å². The average Bonchev–Trinajstić information content (AvgIpc) is 2.22. The third kappa shape index (κ3) is 5.75. The molecule has 0 aromatic heterocycles. The first-order valence-corrected chi connectivity index (χ1v) is 3.94. The van der Waals surface area contributed by atoms with Crippen LogP contribution in [0.4, 0.5) is 4.79 Å². The van der Waals surface area contributed by atoms with E-state index in [-0.39, 0.29) is 35.8 Å². The van der Waals surface area contributed by atoms with E-state index in [2.05, 4.69) is 4.74 Å². The number of hydrogen-bond donors (Lipinski definition) is 5. The fourth-order valence-corrected chi connectivity index (χ4v) is 0.824. The van der Waals surface area contributed by atoms with Crippen LogP contribution in [0.5, 0.6) is 0 Å². The van der Waals surface area contributed by atoms with Crippen LogP contribution < -0.4 is 0 Å². The first-order chi connectivity index (χ1) is 6.93. The Bertz CT molecular complexity index is 222. The zero-order chi connectivity index (χ0) is 12.0. The van der Waals surface area contributed by atoms with Gasteiger partial charge in [-0.3, -0.25) is 4.79 Å². The average molecular weight is 248 g/mol. The molecule has 0 amide bonds. The van der Waals surface area contributed by atoms with E-state index in [4.69, 9.17) is 20.4 Å². The Morgan fingerprint density at radius 1 is 1.25 bits per heavy atom. The third-order valence-corrected chi connectivity index (χ3v) is 1.64. The molecule has 0 aromatic rings. The molecule has 0 radical (unpaired) electrons. The fourth-order valence-electron chi connectivity index (χ4n) is 0.824. The molecule has 5 N–H and O–H groups in total. The van der Waals surface area contributed by atoms with Crippen LogP contribution in [0.2, 0.25) is 0 Å². The molecule has 16 heavy (non-hydrogen) atoms. The number of ether oxygens (including phenoxy) is 1. The number of aliphatic hydroxyl groups is 4. The van der Waals surface area contributed by atoms with Gasteiger partial charge in [0, 0.05) is 0 Å². The summed E-state index contributed by atoms with van der Waals surface area (Å²) in [6.45, 7) is -0.850. The SMILES string of the molecule is O=C[C@H](OC(=O)O)[C@@H](O)[C@H](O)[C@H](O)CO.[NaH]. The van der Waals surface area contributed by atoms with Crippen LogP contribution in [-0.4, -0.2) is 98.6 Å². The summed E-state index contributed by atoms with van der Waals surface area (Å²) in [7, 11) is 0. The molecule has 0 saturated heterocycles. The van der Waals surface area contributed by atoms with E-state index in [1.807, 2.05) is 0 Å². The van der Waals surface area contributed by atoms with Crippen molar-refractivity contribution in [3.8, 4) is 0 Å². The van der Waals surface area contributed by atoms with Gasteiger partial charge >= 0.3 is 35.7 Å². The monoisotopic (exact) mass is 248 g/mol. The van der Waals surface area contributed by atoms with Crippen molar-refractivity contribution in [2.24, 2.45) is 0 Å². The van der Waals surface area contributed by atoms with Gasteiger partial charge in [-0.25, -0.2) is 4.79 Å². The zero-order valence-electron chi connectivity index (χ0n) is 7.55. The Morgan fingerprint density at radius 3 is 2.06 bits per heavy atom. The molecule has 0 saturated carbocycles. The van der Waals surface area contributed by atoms with Gasteiger partial charge in [0.15, 0.2) is 12.4 Å². The number of aldehydes is 1. The van der Waals surface area contributed by atoms with Crippen molar-refractivity contribution < 1.29 is 39.9 Å². The second kappa shape index (κ2) is 8.88. The van der Waals surface area contributed by atoms with Crippen molar-refractivity contribution in [1.29, 1.82) is 0 Å². The molecule has 0 spiro atoms. The van der Waals surface area contributed by atoms with Crippen LogP contribution in [0.3, 0.4) is 0 Å². The van der Waals surface area contributed by atoms with Crippen LogP contribution in [0.25, 0.3) is 0 Å². The van der Waals surface area contributed by atoms with E-state index < -0.39 is 37.2 Å². The van der Waals surface area contributed by atoms with Gasteiger partial charge in [0.05, 0.1) is 6.61 Å². The van der Waals surface area contributed by atoms with Gasteiger partial charge in [0.1, 0.15) is 18.3 Å². The van der Waals surface area contributed by atoms with Crippen LogP contribution in [0, 0.1) is 0 Å². The molecule has 0 bridgehead atoms. The van der Waals surface area contributed by atoms with Gasteiger partial charge in [0.2, 0.25) is 0 Å². The van der Waals surface area contributed by atoms with Crippen molar-refractivity contribution in [3.63, 3.8) is 0 Å². The minimum absolute atomic E-state index is 0. The fraction of sp³-hybridized carbons (Fsp3) is 0.714. The van der Waals surface area contributed by atoms with Crippen molar-refractivity contribution in [1.82, 2.24) is 0 Å². The molecule has 0 unspecified atom stereocenters. The van der Waals surface area contributed by atoms with E-state index in [1.54, 1.807) is 0 Å². The van der Waals surface area contributed by atoms with Gasteiger partial charge in [-0.15, -0.1) is 0 Å². The zero-order valence-corrected chi connectivity index (χ0v) is 7.55. The number of hydrogen-bond acceptors (Lipinski definition) is 7. The van der Waals surface area contributed by atoms with Gasteiger partial charge in [-0.2, -0.15) is 0 Å². The maximum absolute atomic E-state index is 10.3. The quantitative estimate of drug-likeness (QED) is 0.186. The molecular formula is C7H13NaO8. The first kappa shape index (κ1) is 18.2. The predicted molar refractivity (Wildman–Crippen MR) is 51.2 cm³/mol. The molecule has 0 rings (SSSR count). The summed E-state index contributed by atoms with van der Waals surface area (Å²) in [5.74, 6) is 0. The second-order valence-electron chi connectivity index (χ2n) is 2.72. The standard InChI is InChI=1S/C7H12O8.Na.H/c8-1-3(10)5(11)6(12)4(2-9)15-7(13)14;;/h2-6,8,10-12H,1H2,(H,13,14);;/t3-,4+,5-,6-;;/m1../s1. The summed E-state index contributed by atoms with van der Waals surface area (Å²) >= 11 is 0. The number of carbonyl (C=O) groups is 2. The van der Waals surface area contributed by atoms with Crippen molar-refractivity contribution in [2.45, 2.75) is 24.4 Å². The molecule has 0 aliphatic heterocycles. The van der Waals surface area contributed by atoms with Gasteiger partial charge in [0.25, 0.3) is 0 Å². The van der Waals surface area contributed by atoms with Crippen molar-refractivity contribution >= 4 is 42.0 Å². The Kier molecular flexibility index (Phi) is 10.1. The van der Waals surface area contributed by atoms with Crippen molar-refractivity contribution in [3.05, 3.63) is 0 Å². The van der Waals surface area contributed by atoms with Crippen LogP contribution in [0.15, 0.2) is 0 Å². The van der Waals surface area contributed by atoms with Crippen LogP contribution >= 0.6 is 0 Å². The number of carboxylic acid groups (broad SMARTS) is 1. The summed E-state index contributed by atoms with van der Waals surface area (Å²) in [5.41, 5.74) is 0. The van der Waals surface area contributed by atoms with Crippen LogP contribution in [0.1, 0.15) is 0 Å². The van der Waals surface area contributed by atoms with E-state index in [0.29, 0.717) is 0 Å². The Balaban J connectivity index is 0. The molecule has 0 aliphatic rings. The molecule has 90 valence electrons. The minimum atomic E-state index is -1.94. The van der Waals surface area contributed by atoms with Gasteiger partial charge in [-0.05, 0) is 0 Å². The Labute approximate surface area is 113 Å². The first-order valence-electron chi connectivity index (χ1n) is 3.94. The Hall–Kier alpha value is -0.220. The molecule has 0 fully saturated rings. The van der Waals surface area contributed by atoms with E-state index in [1.165, 1.54) is 0 Å². The summed E-state index contributed by atoms with van der Waals surface area (Å²) in [4.78, 5) is 20.3. The molecule has 8 nitrogen and oxygen atoms in total. The van der Waals surface area contributed by atoms with Crippen molar-refractivity contribution in [2.75, 3.05) is 6.61 Å². The molecule has 4 atom stereocenters. The number of rotatable bonds is 6. The molecule has 9 heteroatoms. The molecular weight excluding hydrogens is 235 g/mol. The number of carbonyl (C=O) groups excluding carboxylic acids is 1. The summed E-state index contributed by atoms with van der Waals surface area (Å²) in [6.07, 6.45) is -9.19. The predicted octanol–water partition coefficient (Wildman–Crippen LogP) is -3.33. The second-order valence-corrected chi connectivity index (χ2v) is 2.72. The maximum atomic E-state index is 10.3. The van der Waals surface area contributed by atoms with Crippen LogP contribution in [-0.2, 0) is 9.53 Å². The summed E-state index contributed by atoms with van der Waals surface area (Å²) in [5, 5.41) is 43.8. The Morgan fingerprint density at radius 2 is 1.75 bits per heavy atom. The summed E-state index contributed by atoms with van der Waals surface area (Å²) < 4.78 is 3.92. The normalized spacial score (nSPS) is 17.5. The van der Waals surface area contributed by atoms with E-state index in [9.17, 15) is 14.7 Å². The van der Waals surface area contributed by atoms with Gasteiger partial charge < -0.3 is 30.3 Å².